The molecule has 0 fully saturated rings. The van der Waals surface area contributed by atoms with E-state index in [1.165, 1.54) is 5.57 Å². The van der Waals surface area contributed by atoms with Crippen LogP contribution >= 0.6 is 0 Å². The largest absolute Gasteiger partial charge is 0.496 e. The molecule has 0 unspecified atom stereocenters. The van der Waals surface area contributed by atoms with E-state index in [0.717, 1.165) is 12.2 Å². The van der Waals surface area contributed by atoms with Gasteiger partial charge in [-0.1, -0.05) is 6.08 Å². The Morgan fingerprint density at radius 2 is 2.25 bits per heavy atom. The summed E-state index contributed by atoms with van der Waals surface area (Å²) >= 11 is 0. The summed E-state index contributed by atoms with van der Waals surface area (Å²) in [7, 11) is 1.64. The van der Waals surface area contributed by atoms with Gasteiger partial charge < -0.3 is 10.5 Å². The predicted octanol–water partition coefficient (Wildman–Crippen LogP) is 1.52. The summed E-state index contributed by atoms with van der Waals surface area (Å²) in [6.07, 6.45) is 8.54. The van der Waals surface area contributed by atoms with Gasteiger partial charge in [0.2, 0.25) is 0 Å². The summed E-state index contributed by atoms with van der Waals surface area (Å²) in [6, 6.07) is 0. The molecule has 2 nitrogen and oxygen atoms in total. The highest BCUT2D eigenvalue weighted by molar-refractivity contribution is 5.31. The highest BCUT2D eigenvalue weighted by atomic mass is 16.5. The van der Waals surface area contributed by atoms with Gasteiger partial charge in [0.15, 0.2) is 0 Å². The Labute approximate surface area is 72.7 Å². The highest BCUT2D eigenvalue weighted by Crippen LogP contribution is 2.08. The van der Waals surface area contributed by atoms with Crippen molar-refractivity contribution in [3.05, 3.63) is 41.4 Å². The van der Waals surface area contributed by atoms with E-state index in [9.17, 15) is 0 Å². The Kier molecular flexibility index (Phi) is 3.39. The van der Waals surface area contributed by atoms with Crippen molar-refractivity contribution in [2.75, 3.05) is 13.7 Å². The van der Waals surface area contributed by atoms with E-state index in [0.29, 0.717) is 6.54 Å². The molecule has 0 aromatic carbocycles. The predicted molar refractivity (Wildman–Crippen MR) is 49.5 cm³/mol. The van der Waals surface area contributed by atoms with Gasteiger partial charge in [-0.15, -0.1) is 5.73 Å². The third kappa shape index (κ3) is 2.42. The summed E-state index contributed by atoms with van der Waals surface area (Å²) in [4.78, 5) is 0. The van der Waals surface area contributed by atoms with Gasteiger partial charge in [-0.05, 0) is 30.7 Å². The Hall–Kier alpha value is -1.24. The van der Waals surface area contributed by atoms with Gasteiger partial charge in [0.25, 0.3) is 0 Å². The van der Waals surface area contributed by atoms with E-state index in [2.05, 4.69) is 5.73 Å². The molecule has 0 saturated heterocycles. The third-order valence-corrected chi connectivity index (χ3v) is 1.62. The van der Waals surface area contributed by atoms with Gasteiger partial charge in [0.1, 0.15) is 5.76 Å². The van der Waals surface area contributed by atoms with Crippen LogP contribution in [0.25, 0.3) is 0 Å². The number of ether oxygens (including phenoxy) is 1. The molecule has 1 aliphatic rings. The molecule has 0 heterocycles. The number of hydrogen-bond acceptors (Lipinski definition) is 2. The summed E-state index contributed by atoms with van der Waals surface area (Å²) in [5.74, 6) is 0.818. The maximum Gasteiger partial charge on any atom is 0.126 e. The molecular formula is C10H13NO. The Bertz CT molecular complexity index is 268. The molecule has 0 spiro atoms. The lowest BCUT2D eigenvalue weighted by molar-refractivity contribution is 0.307. The number of methoxy groups -OCH3 is 1. The SMILES string of the molecule is COC1=CC=C(CCN)C=C=C1. The van der Waals surface area contributed by atoms with Gasteiger partial charge in [0, 0.05) is 6.08 Å². The summed E-state index contributed by atoms with van der Waals surface area (Å²) in [6.45, 7) is 0.667. The molecule has 1 rings (SSSR count). The standard InChI is InChI=1S/C10H13NO/c1-12-10-4-2-3-9(5-6-10)7-8-11/h3-6H,7-8,11H2,1H3. The van der Waals surface area contributed by atoms with Crippen LogP contribution in [0.1, 0.15) is 6.42 Å². The third-order valence-electron chi connectivity index (χ3n) is 1.62. The van der Waals surface area contributed by atoms with Crippen molar-refractivity contribution in [1.82, 2.24) is 0 Å². The van der Waals surface area contributed by atoms with Crippen molar-refractivity contribution in [3.63, 3.8) is 0 Å². The minimum Gasteiger partial charge on any atom is -0.496 e. The maximum absolute atomic E-state index is 5.43. The lowest BCUT2D eigenvalue weighted by atomic mass is 10.2. The highest BCUT2D eigenvalue weighted by Gasteiger charge is 1.93. The van der Waals surface area contributed by atoms with Gasteiger partial charge in [-0.2, -0.15) is 0 Å². The van der Waals surface area contributed by atoms with E-state index in [1.54, 1.807) is 13.2 Å². The molecule has 1 aliphatic carbocycles. The molecule has 0 aromatic rings. The smallest absolute Gasteiger partial charge is 0.126 e. The van der Waals surface area contributed by atoms with Gasteiger partial charge in [0.05, 0.1) is 7.11 Å². The molecule has 0 aromatic heterocycles. The zero-order valence-electron chi connectivity index (χ0n) is 7.21. The molecule has 0 bridgehead atoms. The molecule has 0 atom stereocenters. The van der Waals surface area contributed by atoms with E-state index < -0.39 is 0 Å². The topological polar surface area (TPSA) is 35.2 Å². The zero-order chi connectivity index (χ0) is 8.81. The number of nitrogens with two attached hydrogens (primary N) is 1. The van der Waals surface area contributed by atoms with Crippen molar-refractivity contribution in [3.8, 4) is 0 Å². The lowest BCUT2D eigenvalue weighted by Crippen LogP contribution is -1.98. The van der Waals surface area contributed by atoms with E-state index in [-0.39, 0.29) is 0 Å². The van der Waals surface area contributed by atoms with Crippen LogP contribution in [0.5, 0.6) is 0 Å². The summed E-state index contributed by atoms with van der Waals surface area (Å²) in [5, 5.41) is 0. The Balaban J connectivity index is 2.76. The van der Waals surface area contributed by atoms with Gasteiger partial charge in [-0.3, -0.25) is 0 Å². The molecule has 12 heavy (non-hydrogen) atoms. The van der Waals surface area contributed by atoms with Crippen molar-refractivity contribution < 1.29 is 4.74 Å². The number of hydrogen-bond donors (Lipinski definition) is 1. The minimum absolute atomic E-state index is 0.667. The molecule has 0 saturated carbocycles. The second kappa shape index (κ2) is 4.60. The molecule has 64 valence electrons. The zero-order valence-corrected chi connectivity index (χ0v) is 7.21. The Morgan fingerprint density at radius 3 is 2.92 bits per heavy atom. The van der Waals surface area contributed by atoms with Crippen molar-refractivity contribution >= 4 is 0 Å². The maximum atomic E-state index is 5.43. The summed E-state index contributed by atoms with van der Waals surface area (Å²) < 4.78 is 5.04. The fourth-order valence-corrected chi connectivity index (χ4v) is 0.965. The van der Waals surface area contributed by atoms with E-state index >= 15 is 0 Å². The monoisotopic (exact) mass is 163 g/mol. The molecule has 2 heteroatoms. The van der Waals surface area contributed by atoms with E-state index in [4.69, 9.17) is 10.5 Å². The first-order chi connectivity index (χ1) is 5.86. The lowest BCUT2D eigenvalue weighted by Gasteiger charge is -1.95. The first-order valence-electron chi connectivity index (χ1n) is 3.94. The fraction of sp³-hybridized carbons (Fsp3) is 0.300. The van der Waals surface area contributed by atoms with Crippen LogP contribution in [0.15, 0.2) is 41.4 Å². The average molecular weight is 163 g/mol. The van der Waals surface area contributed by atoms with Crippen LogP contribution < -0.4 is 5.73 Å². The first kappa shape index (κ1) is 8.85. The first-order valence-corrected chi connectivity index (χ1v) is 3.94. The van der Waals surface area contributed by atoms with Crippen molar-refractivity contribution in [2.24, 2.45) is 5.73 Å². The second-order valence-electron chi connectivity index (χ2n) is 2.51. The fourth-order valence-electron chi connectivity index (χ4n) is 0.965. The average Bonchev–Trinajstić information content (AvgIpc) is 2.31. The van der Waals surface area contributed by atoms with Crippen LogP contribution in [0, 0.1) is 0 Å². The van der Waals surface area contributed by atoms with Gasteiger partial charge >= 0.3 is 0 Å². The van der Waals surface area contributed by atoms with Crippen LogP contribution in [0.4, 0.5) is 0 Å². The minimum atomic E-state index is 0.667. The van der Waals surface area contributed by atoms with Crippen molar-refractivity contribution in [2.45, 2.75) is 6.42 Å². The van der Waals surface area contributed by atoms with Crippen LogP contribution in [-0.4, -0.2) is 13.7 Å². The molecule has 0 amide bonds. The molecule has 0 aliphatic heterocycles. The summed E-state index contributed by atoms with van der Waals surface area (Å²) in [5.41, 5.74) is 9.62. The van der Waals surface area contributed by atoms with Crippen LogP contribution in [0.2, 0.25) is 0 Å². The van der Waals surface area contributed by atoms with E-state index in [1.807, 2.05) is 18.2 Å². The molecule has 0 radical (unpaired) electrons. The Morgan fingerprint density at radius 1 is 1.42 bits per heavy atom. The van der Waals surface area contributed by atoms with Gasteiger partial charge in [-0.25, -0.2) is 0 Å². The van der Waals surface area contributed by atoms with Crippen molar-refractivity contribution in [1.29, 1.82) is 0 Å². The number of rotatable bonds is 3. The van der Waals surface area contributed by atoms with Crippen LogP contribution in [0.3, 0.4) is 0 Å². The van der Waals surface area contributed by atoms with Crippen LogP contribution in [-0.2, 0) is 4.74 Å². The quantitative estimate of drug-likeness (QED) is 0.640. The number of allylic oxidation sites excluding steroid dienone is 3. The molecular weight excluding hydrogens is 150 g/mol. The normalized spacial score (nSPS) is 15.2. The molecule has 2 N–H and O–H groups in total. The second-order valence-corrected chi connectivity index (χ2v) is 2.51.